The SMILES string of the molecule is CCOc1ccc(-n2ccnc(SCC(=O)Nc3ccc(C(C)C)cc3)c2=O)cc1. The van der Waals surface area contributed by atoms with Gasteiger partial charge in [0.25, 0.3) is 5.56 Å². The summed E-state index contributed by atoms with van der Waals surface area (Å²) >= 11 is 1.12. The molecule has 0 bridgehead atoms. The van der Waals surface area contributed by atoms with Gasteiger partial charge in [0.1, 0.15) is 5.75 Å². The van der Waals surface area contributed by atoms with Crippen LogP contribution in [0.3, 0.4) is 0 Å². The third-order valence-electron chi connectivity index (χ3n) is 4.44. The molecular weight excluding hydrogens is 398 g/mol. The van der Waals surface area contributed by atoms with Gasteiger partial charge >= 0.3 is 0 Å². The van der Waals surface area contributed by atoms with Crippen LogP contribution in [0, 0.1) is 0 Å². The van der Waals surface area contributed by atoms with E-state index in [2.05, 4.69) is 24.1 Å². The Morgan fingerprint density at radius 2 is 1.83 bits per heavy atom. The van der Waals surface area contributed by atoms with Crippen molar-refractivity contribution in [2.75, 3.05) is 17.7 Å². The summed E-state index contributed by atoms with van der Waals surface area (Å²) in [6, 6.07) is 15.0. The van der Waals surface area contributed by atoms with E-state index in [4.69, 9.17) is 4.74 Å². The zero-order chi connectivity index (χ0) is 21.5. The highest BCUT2D eigenvalue weighted by Crippen LogP contribution is 2.18. The lowest BCUT2D eigenvalue weighted by molar-refractivity contribution is -0.113. The number of nitrogens with one attached hydrogen (secondary N) is 1. The normalized spacial score (nSPS) is 10.8. The summed E-state index contributed by atoms with van der Waals surface area (Å²) in [7, 11) is 0. The number of rotatable bonds is 8. The van der Waals surface area contributed by atoms with Crippen LogP contribution < -0.4 is 15.6 Å². The van der Waals surface area contributed by atoms with E-state index < -0.39 is 0 Å². The number of carbonyl (C=O) groups is 1. The molecule has 0 radical (unpaired) electrons. The van der Waals surface area contributed by atoms with Crippen molar-refractivity contribution >= 4 is 23.4 Å². The van der Waals surface area contributed by atoms with Gasteiger partial charge in [-0.25, -0.2) is 4.98 Å². The summed E-state index contributed by atoms with van der Waals surface area (Å²) < 4.78 is 6.94. The maximum absolute atomic E-state index is 12.8. The smallest absolute Gasteiger partial charge is 0.287 e. The van der Waals surface area contributed by atoms with Crippen molar-refractivity contribution in [3.63, 3.8) is 0 Å². The van der Waals surface area contributed by atoms with Crippen molar-refractivity contribution in [2.24, 2.45) is 0 Å². The number of ether oxygens (including phenoxy) is 1. The fraction of sp³-hybridized carbons (Fsp3) is 0.261. The number of carbonyl (C=O) groups excluding carboxylic acids is 1. The van der Waals surface area contributed by atoms with Gasteiger partial charge in [-0.15, -0.1) is 0 Å². The second-order valence-corrected chi connectivity index (χ2v) is 7.91. The topological polar surface area (TPSA) is 73.2 Å². The molecule has 0 unspecified atom stereocenters. The molecule has 7 heteroatoms. The number of aromatic nitrogens is 2. The molecule has 0 atom stereocenters. The quantitative estimate of drug-likeness (QED) is 0.541. The minimum absolute atomic E-state index is 0.0987. The Bertz CT molecular complexity index is 1040. The molecule has 2 aromatic carbocycles. The number of hydrogen-bond donors (Lipinski definition) is 1. The van der Waals surface area contributed by atoms with Crippen molar-refractivity contribution in [2.45, 2.75) is 31.7 Å². The predicted octanol–water partition coefficient (Wildman–Crippen LogP) is 4.49. The molecular formula is C23H25N3O3S. The molecule has 0 spiro atoms. The van der Waals surface area contributed by atoms with E-state index in [1.807, 2.05) is 55.5 Å². The minimum atomic E-state index is -0.263. The van der Waals surface area contributed by atoms with Crippen molar-refractivity contribution < 1.29 is 9.53 Å². The monoisotopic (exact) mass is 423 g/mol. The second-order valence-electron chi connectivity index (χ2n) is 6.95. The molecule has 0 saturated heterocycles. The highest BCUT2D eigenvalue weighted by molar-refractivity contribution is 7.99. The molecule has 3 aromatic rings. The number of amides is 1. The van der Waals surface area contributed by atoms with Gasteiger partial charge < -0.3 is 10.1 Å². The Morgan fingerprint density at radius 3 is 2.47 bits per heavy atom. The number of thioether (sulfide) groups is 1. The lowest BCUT2D eigenvalue weighted by Crippen LogP contribution is -2.22. The van der Waals surface area contributed by atoms with Crippen LogP contribution in [-0.2, 0) is 4.79 Å². The fourth-order valence-electron chi connectivity index (χ4n) is 2.85. The van der Waals surface area contributed by atoms with E-state index in [1.165, 1.54) is 10.1 Å². The summed E-state index contributed by atoms with van der Waals surface area (Å²) in [4.78, 5) is 29.2. The van der Waals surface area contributed by atoms with E-state index in [0.29, 0.717) is 18.2 Å². The van der Waals surface area contributed by atoms with Gasteiger partial charge in [-0.3, -0.25) is 14.2 Å². The highest BCUT2D eigenvalue weighted by Gasteiger charge is 2.11. The van der Waals surface area contributed by atoms with E-state index in [0.717, 1.165) is 23.2 Å². The molecule has 156 valence electrons. The van der Waals surface area contributed by atoms with E-state index in [9.17, 15) is 9.59 Å². The summed E-state index contributed by atoms with van der Waals surface area (Å²) in [6.45, 7) is 6.75. The van der Waals surface area contributed by atoms with Crippen LogP contribution >= 0.6 is 11.8 Å². The zero-order valence-electron chi connectivity index (χ0n) is 17.3. The van der Waals surface area contributed by atoms with Crippen molar-refractivity contribution in [3.8, 4) is 11.4 Å². The Hall–Kier alpha value is -3.06. The third-order valence-corrected chi connectivity index (χ3v) is 5.40. The van der Waals surface area contributed by atoms with Crippen molar-refractivity contribution in [1.29, 1.82) is 0 Å². The molecule has 30 heavy (non-hydrogen) atoms. The summed E-state index contributed by atoms with van der Waals surface area (Å²) in [5.74, 6) is 1.10. The Balaban J connectivity index is 1.65. The third kappa shape index (κ3) is 5.51. The van der Waals surface area contributed by atoms with Gasteiger partial charge in [-0.05, 0) is 54.8 Å². The maximum atomic E-state index is 12.8. The number of anilines is 1. The number of benzene rings is 2. The van der Waals surface area contributed by atoms with E-state index in [-0.39, 0.29) is 22.2 Å². The molecule has 0 aliphatic heterocycles. The Labute approximate surface area is 180 Å². The largest absolute Gasteiger partial charge is 0.494 e. The Kier molecular flexibility index (Phi) is 7.30. The summed E-state index contributed by atoms with van der Waals surface area (Å²) in [5, 5.41) is 3.13. The van der Waals surface area contributed by atoms with Crippen molar-refractivity contribution in [1.82, 2.24) is 9.55 Å². The standard InChI is InChI=1S/C23H25N3O3S/c1-4-29-20-11-9-19(10-12-20)26-14-13-24-22(23(26)28)30-15-21(27)25-18-7-5-17(6-8-18)16(2)3/h5-14,16H,4,15H2,1-3H3,(H,25,27). The molecule has 3 rings (SSSR count). The molecule has 0 saturated carbocycles. The van der Waals surface area contributed by atoms with Crippen LogP contribution in [0.2, 0.25) is 0 Å². The lowest BCUT2D eigenvalue weighted by atomic mass is 10.0. The lowest BCUT2D eigenvalue weighted by Gasteiger charge is -2.10. The van der Waals surface area contributed by atoms with Gasteiger partial charge in [0, 0.05) is 23.8 Å². The zero-order valence-corrected chi connectivity index (χ0v) is 18.1. The van der Waals surface area contributed by atoms with Crippen LogP contribution in [0.4, 0.5) is 5.69 Å². The van der Waals surface area contributed by atoms with Gasteiger partial charge in [0.15, 0.2) is 5.03 Å². The van der Waals surface area contributed by atoms with E-state index in [1.54, 1.807) is 12.4 Å². The predicted molar refractivity (Wildman–Crippen MR) is 121 cm³/mol. The first-order valence-corrected chi connectivity index (χ1v) is 10.8. The highest BCUT2D eigenvalue weighted by atomic mass is 32.2. The maximum Gasteiger partial charge on any atom is 0.287 e. The van der Waals surface area contributed by atoms with Crippen molar-refractivity contribution in [3.05, 3.63) is 76.8 Å². The van der Waals surface area contributed by atoms with Crippen LogP contribution in [0.5, 0.6) is 5.75 Å². The first kappa shape index (κ1) is 21.6. The molecule has 1 heterocycles. The van der Waals surface area contributed by atoms with Crippen LogP contribution in [0.1, 0.15) is 32.3 Å². The summed E-state index contributed by atoms with van der Waals surface area (Å²) in [5.41, 5.74) is 2.40. The summed E-state index contributed by atoms with van der Waals surface area (Å²) in [6.07, 6.45) is 3.17. The molecule has 6 nitrogen and oxygen atoms in total. The van der Waals surface area contributed by atoms with Gasteiger partial charge in [0.2, 0.25) is 5.91 Å². The first-order chi connectivity index (χ1) is 14.5. The van der Waals surface area contributed by atoms with E-state index >= 15 is 0 Å². The molecule has 1 amide bonds. The molecule has 1 aromatic heterocycles. The average Bonchev–Trinajstić information content (AvgIpc) is 2.74. The molecule has 0 aliphatic rings. The van der Waals surface area contributed by atoms with Gasteiger partial charge in [-0.1, -0.05) is 37.7 Å². The minimum Gasteiger partial charge on any atom is -0.494 e. The average molecular weight is 424 g/mol. The fourth-order valence-corrected chi connectivity index (χ4v) is 3.55. The van der Waals surface area contributed by atoms with Crippen LogP contribution in [0.25, 0.3) is 5.69 Å². The molecule has 0 aliphatic carbocycles. The molecule has 1 N–H and O–H groups in total. The Morgan fingerprint density at radius 1 is 1.13 bits per heavy atom. The van der Waals surface area contributed by atoms with Gasteiger partial charge in [0.05, 0.1) is 12.4 Å². The van der Waals surface area contributed by atoms with Crippen LogP contribution in [-0.4, -0.2) is 27.8 Å². The number of hydrogen-bond acceptors (Lipinski definition) is 5. The number of nitrogens with zero attached hydrogens (tertiary/aromatic N) is 2. The van der Waals surface area contributed by atoms with Gasteiger partial charge in [-0.2, -0.15) is 0 Å². The second kappa shape index (κ2) is 10.1. The van der Waals surface area contributed by atoms with Crippen LogP contribution in [0.15, 0.2) is 70.7 Å². The first-order valence-electron chi connectivity index (χ1n) is 9.81. The molecule has 0 fully saturated rings.